The van der Waals surface area contributed by atoms with Crippen LogP contribution in [0.1, 0.15) is 5.56 Å². The third-order valence-corrected chi connectivity index (χ3v) is 4.24. The molecule has 9 heteroatoms. The lowest BCUT2D eigenvalue weighted by Gasteiger charge is -2.13. The number of pyridine rings is 1. The summed E-state index contributed by atoms with van der Waals surface area (Å²) in [6, 6.07) is 9.22. The number of aromatic nitrogens is 1. The van der Waals surface area contributed by atoms with Gasteiger partial charge in [-0.15, -0.1) is 0 Å². The second kappa shape index (κ2) is 7.96. The van der Waals surface area contributed by atoms with Crippen molar-refractivity contribution < 1.29 is 13.5 Å². The van der Waals surface area contributed by atoms with Crippen molar-refractivity contribution in [3.8, 4) is 11.5 Å². The summed E-state index contributed by atoms with van der Waals surface area (Å²) in [5.41, 5.74) is 3.00. The van der Waals surface area contributed by atoms with Crippen molar-refractivity contribution in [2.24, 2.45) is 5.84 Å². The van der Waals surface area contributed by atoms with E-state index in [1.54, 1.807) is 0 Å². The van der Waals surface area contributed by atoms with Gasteiger partial charge in [-0.1, -0.05) is 29.3 Å². The fourth-order valence-electron chi connectivity index (χ4n) is 2.39. The summed E-state index contributed by atoms with van der Waals surface area (Å²) in [7, 11) is 0. The third-order valence-electron chi connectivity index (χ3n) is 3.68. The first kappa shape index (κ1) is 19.2. The van der Waals surface area contributed by atoms with E-state index < -0.39 is 11.6 Å². The first-order chi connectivity index (χ1) is 12.9. The topological polar surface area (TPSA) is 69.3 Å². The highest BCUT2D eigenvalue weighted by Gasteiger charge is 2.12. The maximum Gasteiger partial charge on any atom is 0.251 e. The van der Waals surface area contributed by atoms with Gasteiger partial charge in [0, 0.05) is 6.07 Å². The van der Waals surface area contributed by atoms with Gasteiger partial charge in [0.1, 0.15) is 5.75 Å². The average molecular weight is 412 g/mol. The fourth-order valence-corrected chi connectivity index (χ4v) is 2.95. The molecule has 3 aromatic rings. The van der Waals surface area contributed by atoms with E-state index in [-0.39, 0.29) is 33.6 Å². The Bertz CT molecular complexity index is 1030. The minimum Gasteiger partial charge on any atom is -0.453 e. The van der Waals surface area contributed by atoms with Crippen molar-refractivity contribution in [3.05, 3.63) is 86.3 Å². The normalized spacial score (nSPS) is 10.7. The van der Waals surface area contributed by atoms with E-state index in [9.17, 15) is 13.6 Å². The molecule has 0 aliphatic rings. The second-order valence-corrected chi connectivity index (χ2v) is 6.41. The van der Waals surface area contributed by atoms with E-state index in [1.165, 1.54) is 41.1 Å². The van der Waals surface area contributed by atoms with Crippen LogP contribution in [-0.2, 0) is 6.54 Å². The molecule has 140 valence electrons. The van der Waals surface area contributed by atoms with Crippen molar-refractivity contribution >= 4 is 28.9 Å². The molecule has 1 aromatic heterocycles. The van der Waals surface area contributed by atoms with Crippen molar-refractivity contribution in [1.29, 1.82) is 0 Å². The highest BCUT2D eigenvalue weighted by atomic mass is 35.5. The standard InChI is InChI=1S/C18H13Cl2F2N3O2/c19-13-6-11(24-23)7-14(20)18(13)27-12-2-4-17(26)25(9-12)8-10-1-3-15(21)16(22)5-10/h1-7,9,24H,8,23H2. The number of nitrogens with one attached hydrogen (secondary N) is 1. The lowest BCUT2D eigenvalue weighted by molar-refractivity contribution is 0.474. The Kier molecular flexibility index (Phi) is 5.65. The minimum absolute atomic E-state index is 0.0325. The van der Waals surface area contributed by atoms with Gasteiger partial charge in [-0.2, -0.15) is 0 Å². The largest absolute Gasteiger partial charge is 0.453 e. The van der Waals surface area contributed by atoms with Gasteiger partial charge < -0.3 is 14.7 Å². The number of nitrogens with zero attached hydrogens (tertiary/aromatic N) is 1. The molecule has 0 saturated heterocycles. The lowest BCUT2D eigenvalue weighted by Crippen LogP contribution is -2.19. The van der Waals surface area contributed by atoms with Gasteiger partial charge >= 0.3 is 0 Å². The van der Waals surface area contributed by atoms with Crippen molar-refractivity contribution in [3.63, 3.8) is 0 Å². The van der Waals surface area contributed by atoms with E-state index >= 15 is 0 Å². The summed E-state index contributed by atoms with van der Waals surface area (Å²) in [4.78, 5) is 12.1. The highest BCUT2D eigenvalue weighted by molar-refractivity contribution is 6.37. The number of benzene rings is 2. The van der Waals surface area contributed by atoms with Crippen LogP contribution in [0.4, 0.5) is 14.5 Å². The van der Waals surface area contributed by atoms with E-state index in [0.29, 0.717) is 11.3 Å². The summed E-state index contributed by atoms with van der Waals surface area (Å²) in [5.74, 6) is 3.86. The maximum absolute atomic E-state index is 13.4. The number of ether oxygens (including phenoxy) is 1. The number of nitrogen functional groups attached to an aromatic ring is 1. The van der Waals surface area contributed by atoms with Gasteiger partial charge in [0.05, 0.1) is 28.5 Å². The van der Waals surface area contributed by atoms with Crippen LogP contribution < -0.4 is 21.6 Å². The number of nitrogens with two attached hydrogens (primary N) is 1. The van der Waals surface area contributed by atoms with Crippen LogP contribution in [0.3, 0.4) is 0 Å². The monoisotopic (exact) mass is 411 g/mol. The van der Waals surface area contributed by atoms with Crippen molar-refractivity contribution in [2.75, 3.05) is 5.43 Å². The smallest absolute Gasteiger partial charge is 0.251 e. The number of rotatable bonds is 5. The van der Waals surface area contributed by atoms with Crippen molar-refractivity contribution in [1.82, 2.24) is 4.57 Å². The van der Waals surface area contributed by atoms with Gasteiger partial charge in [0.2, 0.25) is 0 Å². The molecule has 2 aromatic carbocycles. The van der Waals surface area contributed by atoms with E-state index in [1.807, 2.05) is 0 Å². The van der Waals surface area contributed by atoms with E-state index in [2.05, 4.69) is 5.43 Å². The average Bonchev–Trinajstić information content (AvgIpc) is 2.63. The van der Waals surface area contributed by atoms with E-state index in [4.69, 9.17) is 33.8 Å². The van der Waals surface area contributed by atoms with Crippen LogP contribution in [0.2, 0.25) is 10.0 Å². The zero-order valence-corrected chi connectivity index (χ0v) is 15.2. The molecule has 0 spiro atoms. The van der Waals surface area contributed by atoms with Gasteiger partial charge in [-0.3, -0.25) is 10.6 Å². The summed E-state index contributed by atoms with van der Waals surface area (Å²) in [6.07, 6.45) is 1.42. The molecular formula is C18H13Cl2F2N3O2. The first-order valence-electron chi connectivity index (χ1n) is 7.65. The zero-order valence-electron chi connectivity index (χ0n) is 13.7. The Labute approximate surface area is 162 Å². The lowest BCUT2D eigenvalue weighted by atomic mass is 10.2. The number of hydrogen-bond donors (Lipinski definition) is 2. The fraction of sp³-hybridized carbons (Fsp3) is 0.0556. The van der Waals surface area contributed by atoms with Crippen LogP contribution >= 0.6 is 23.2 Å². The van der Waals surface area contributed by atoms with Crippen LogP contribution in [0, 0.1) is 11.6 Å². The molecule has 0 bridgehead atoms. The molecule has 3 N–H and O–H groups in total. The molecule has 0 fully saturated rings. The quantitative estimate of drug-likeness (QED) is 0.476. The molecule has 5 nitrogen and oxygen atoms in total. The van der Waals surface area contributed by atoms with Crippen LogP contribution in [0.25, 0.3) is 0 Å². The minimum atomic E-state index is -0.986. The molecule has 27 heavy (non-hydrogen) atoms. The number of hydrazine groups is 1. The van der Waals surface area contributed by atoms with Gasteiger partial charge in [-0.05, 0) is 35.9 Å². The first-order valence-corrected chi connectivity index (χ1v) is 8.41. The van der Waals surface area contributed by atoms with Gasteiger partial charge in [0.15, 0.2) is 17.4 Å². The Morgan fingerprint density at radius 1 is 1.04 bits per heavy atom. The molecule has 3 rings (SSSR count). The molecule has 0 saturated carbocycles. The number of halogens is 4. The van der Waals surface area contributed by atoms with Gasteiger partial charge in [-0.25, -0.2) is 8.78 Å². The molecule has 0 radical (unpaired) electrons. The molecule has 0 aliphatic carbocycles. The number of hydrogen-bond acceptors (Lipinski definition) is 4. The van der Waals surface area contributed by atoms with Crippen molar-refractivity contribution in [2.45, 2.75) is 6.54 Å². The SMILES string of the molecule is NNc1cc(Cl)c(Oc2ccc(=O)n(Cc3ccc(F)c(F)c3)c2)c(Cl)c1. The molecule has 0 unspecified atom stereocenters. The molecule has 0 amide bonds. The Hall–Kier alpha value is -2.61. The van der Waals surface area contributed by atoms with Crippen LogP contribution in [0.5, 0.6) is 11.5 Å². The molecule has 1 heterocycles. The zero-order chi connectivity index (χ0) is 19.6. The summed E-state index contributed by atoms with van der Waals surface area (Å²) >= 11 is 12.3. The Morgan fingerprint density at radius 3 is 2.37 bits per heavy atom. The number of anilines is 1. The predicted molar refractivity (Wildman–Crippen MR) is 101 cm³/mol. The molecular weight excluding hydrogens is 399 g/mol. The van der Waals surface area contributed by atoms with Crippen LogP contribution in [0.15, 0.2) is 53.5 Å². The Morgan fingerprint density at radius 2 is 1.74 bits per heavy atom. The summed E-state index contributed by atoms with van der Waals surface area (Å²) in [5, 5.41) is 0.433. The molecule has 0 atom stereocenters. The predicted octanol–water partition coefficient (Wildman–Crippen LogP) is 4.56. The van der Waals surface area contributed by atoms with Gasteiger partial charge in [0.25, 0.3) is 5.56 Å². The highest BCUT2D eigenvalue weighted by Crippen LogP contribution is 2.38. The summed E-state index contributed by atoms with van der Waals surface area (Å²) in [6.45, 7) is 0.0325. The maximum atomic E-state index is 13.4. The van der Waals surface area contributed by atoms with E-state index in [0.717, 1.165) is 12.1 Å². The molecule has 0 aliphatic heterocycles. The third kappa shape index (κ3) is 4.39. The second-order valence-electron chi connectivity index (χ2n) is 5.59. The Balaban J connectivity index is 1.89. The summed E-state index contributed by atoms with van der Waals surface area (Å²) < 4.78 is 33.4. The van der Waals surface area contributed by atoms with Crippen LogP contribution in [-0.4, -0.2) is 4.57 Å².